The van der Waals surface area contributed by atoms with Crippen LogP contribution in [0.25, 0.3) is 0 Å². The van der Waals surface area contributed by atoms with Crippen molar-refractivity contribution in [3.05, 3.63) is 0 Å². The van der Waals surface area contributed by atoms with Crippen molar-refractivity contribution in [3.8, 4) is 0 Å². The summed E-state index contributed by atoms with van der Waals surface area (Å²) in [5.74, 6) is 1.08. The van der Waals surface area contributed by atoms with E-state index in [1.54, 1.807) is 0 Å². The van der Waals surface area contributed by atoms with E-state index >= 15 is 0 Å². The summed E-state index contributed by atoms with van der Waals surface area (Å²) in [6.45, 7) is 4.87. The monoisotopic (exact) mass is 374 g/mol. The Hall–Kier alpha value is -1.06. The minimum atomic E-state index is 0.0321. The maximum atomic E-state index is 12.7. The minimum absolute atomic E-state index is 0.0321. The highest BCUT2D eigenvalue weighted by Gasteiger charge is 2.60. The Morgan fingerprint density at radius 3 is 2.11 bits per heavy atom. The number of carbonyl (C=O) groups is 2. The highest BCUT2D eigenvalue weighted by atomic mass is 16.2. The molecule has 2 N–H and O–H groups in total. The summed E-state index contributed by atoms with van der Waals surface area (Å²) >= 11 is 0. The van der Waals surface area contributed by atoms with Gasteiger partial charge in [0.05, 0.1) is 0 Å². The Balaban J connectivity index is 1.23. The van der Waals surface area contributed by atoms with Crippen molar-refractivity contribution >= 4 is 11.8 Å². The van der Waals surface area contributed by atoms with Crippen LogP contribution < -0.4 is 10.6 Å². The third-order valence-corrected chi connectivity index (χ3v) is 7.81. The zero-order valence-corrected chi connectivity index (χ0v) is 17.4. The van der Waals surface area contributed by atoms with Gasteiger partial charge in [0.1, 0.15) is 0 Å². The molecular weight excluding hydrogens is 336 g/mol. The van der Waals surface area contributed by atoms with Gasteiger partial charge in [0, 0.05) is 24.4 Å². The molecule has 0 heterocycles. The normalized spacial score (nSPS) is 40.7. The van der Waals surface area contributed by atoms with Crippen LogP contribution in [0.2, 0.25) is 0 Å². The Morgan fingerprint density at radius 1 is 0.852 bits per heavy atom. The minimum Gasteiger partial charge on any atom is -0.353 e. The van der Waals surface area contributed by atoms with Crippen molar-refractivity contribution in [2.75, 3.05) is 0 Å². The van der Waals surface area contributed by atoms with Gasteiger partial charge in [-0.05, 0) is 74.5 Å². The lowest BCUT2D eigenvalue weighted by atomic mass is 9.43. The molecule has 5 aliphatic rings. The van der Waals surface area contributed by atoms with Gasteiger partial charge < -0.3 is 10.6 Å². The first-order valence-corrected chi connectivity index (χ1v) is 11.4. The maximum absolute atomic E-state index is 12.7. The number of hydrogen-bond donors (Lipinski definition) is 2. The third kappa shape index (κ3) is 4.35. The fraction of sp³-hybridized carbons (Fsp3) is 0.913. The second kappa shape index (κ2) is 7.08. The number of amides is 2. The molecule has 4 heteroatoms. The molecule has 4 nitrogen and oxygen atoms in total. The third-order valence-electron chi connectivity index (χ3n) is 7.81. The van der Waals surface area contributed by atoms with Gasteiger partial charge in [-0.3, -0.25) is 9.59 Å². The lowest BCUT2D eigenvalue weighted by molar-refractivity contribution is -0.139. The molecule has 27 heavy (non-hydrogen) atoms. The van der Waals surface area contributed by atoms with E-state index in [-0.39, 0.29) is 17.4 Å². The van der Waals surface area contributed by atoms with Crippen LogP contribution in [-0.2, 0) is 9.59 Å². The van der Waals surface area contributed by atoms with Crippen molar-refractivity contribution < 1.29 is 9.59 Å². The average molecular weight is 375 g/mol. The van der Waals surface area contributed by atoms with Gasteiger partial charge in [0.2, 0.25) is 11.8 Å². The van der Waals surface area contributed by atoms with Crippen LogP contribution in [0, 0.1) is 16.7 Å². The molecule has 0 aromatic heterocycles. The topological polar surface area (TPSA) is 58.2 Å². The molecule has 4 bridgehead atoms. The molecule has 2 atom stereocenters. The van der Waals surface area contributed by atoms with Crippen molar-refractivity contribution in [2.45, 2.75) is 115 Å². The number of rotatable bonds is 6. The smallest absolute Gasteiger partial charge is 0.220 e. The Morgan fingerprint density at radius 2 is 1.48 bits per heavy atom. The number of carbonyl (C=O) groups excluding carboxylic acids is 2. The van der Waals surface area contributed by atoms with E-state index in [0.717, 1.165) is 31.6 Å². The summed E-state index contributed by atoms with van der Waals surface area (Å²) in [7, 11) is 0. The molecule has 0 aromatic rings. The quantitative estimate of drug-likeness (QED) is 0.720. The van der Waals surface area contributed by atoms with E-state index in [0.29, 0.717) is 36.1 Å². The SMILES string of the molecule is CC12CC3CC(C)(C1)CC(NC(=O)CCCC(=O)NC1CCCCC1)(C3)C2. The van der Waals surface area contributed by atoms with Gasteiger partial charge in [0.25, 0.3) is 0 Å². The zero-order chi connectivity index (χ0) is 19.1. The summed E-state index contributed by atoms with van der Waals surface area (Å²) in [4.78, 5) is 24.8. The number of hydrogen-bond acceptors (Lipinski definition) is 2. The summed E-state index contributed by atoms with van der Waals surface area (Å²) in [5, 5.41) is 6.62. The lowest BCUT2D eigenvalue weighted by Crippen LogP contribution is -2.65. The summed E-state index contributed by atoms with van der Waals surface area (Å²) in [6.07, 6.45) is 15.1. The Bertz CT molecular complexity index is 577. The van der Waals surface area contributed by atoms with Gasteiger partial charge in [-0.25, -0.2) is 0 Å². The first-order chi connectivity index (χ1) is 12.8. The van der Waals surface area contributed by atoms with E-state index in [2.05, 4.69) is 24.5 Å². The molecular formula is C23H38N2O2. The lowest BCUT2D eigenvalue weighted by Gasteiger charge is -2.65. The van der Waals surface area contributed by atoms with Crippen LogP contribution in [0.3, 0.4) is 0 Å². The van der Waals surface area contributed by atoms with Crippen molar-refractivity contribution in [3.63, 3.8) is 0 Å². The molecule has 0 aromatic carbocycles. The van der Waals surface area contributed by atoms with E-state index in [9.17, 15) is 9.59 Å². The fourth-order valence-corrected chi connectivity index (χ4v) is 7.90. The Kier molecular flexibility index (Phi) is 5.05. The molecule has 2 amide bonds. The highest BCUT2D eigenvalue weighted by Crippen LogP contribution is 2.66. The standard InChI is InChI=1S/C23H38N2O2/c1-21-11-17-12-22(2,14-21)16-23(13-17,15-21)25-20(27)10-6-9-19(26)24-18-7-4-3-5-8-18/h17-18H,3-16H2,1-2H3,(H,24,26)(H,25,27). The molecule has 0 aliphatic heterocycles. The van der Waals surface area contributed by atoms with Gasteiger partial charge in [0.15, 0.2) is 0 Å². The highest BCUT2D eigenvalue weighted by molar-refractivity contribution is 5.79. The first-order valence-electron chi connectivity index (χ1n) is 11.4. The maximum Gasteiger partial charge on any atom is 0.220 e. The molecule has 0 radical (unpaired) electrons. The van der Waals surface area contributed by atoms with Gasteiger partial charge in [-0.2, -0.15) is 0 Å². The predicted octanol–water partition coefficient (Wildman–Crippen LogP) is 4.47. The molecule has 5 saturated carbocycles. The largest absolute Gasteiger partial charge is 0.353 e. The van der Waals surface area contributed by atoms with Crippen LogP contribution >= 0.6 is 0 Å². The van der Waals surface area contributed by atoms with Crippen LogP contribution in [0.4, 0.5) is 0 Å². The van der Waals surface area contributed by atoms with Gasteiger partial charge >= 0.3 is 0 Å². The van der Waals surface area contributed by atoms with Crippen LogP contribution in [0.1, 0.15) is 104 Å². The fourth-order valence-electron chi connectivity index (χ4n) is 7.90. The van der Waals surface area contributed by atoms with E-state index in [1.807, 2.05) is 0 Å². The summed E-state index contributed by atoms with van der Waals surface area (Å²) in [6, 6.07) is 0.369. The molecule has 0 saturated heterocycles. The average Bonchev–Trinajstić information content (AvgIpc) is 2.51. The molecule has 5 rings (SSSR count). The number of nitrogens with one attached hydrogen (secondary N) is 2. The van der Waals surface area contributed by atoms with Gasteiger partial charge in [-0.1, -0.05) is 33.1 Å². The van der Waals surface area contributed by atoms with Crippen molar-refractivity contribution in [1.29, 1.82) is 0 Å². The summed E-state index contributed by atoms with van der Waals surface area (Å²) < 4.78 is 0. The first kappa shape index (κ1) is 19.3. The zero-order valence-electron chi connectivity index (χ0n) is 17.4. The molecule has 5 aliphatic carbocycles. The van der Waals surface area contributed by atoms with Crippen LogP contribution in [0.5, 0.6) is 0 Å². The molecule has 152 valence electrons. The molecule has 2 unspecified atom stereocenters. The van der Waals surface area contributed by atoms with Crippen molar-refractivity contribution in [2.24, 2.45) is 16.7 Å². The Labute approximate surface area is 164 Å². The van der Waals surface area contributed by atoms with E-state index in [1.165, 1.54) is 44.9 Å². The second-order valence-corrected chi connectivity index (χ2v) is 11.2. The van der Waals surface area contributed by atoms with Crippen molar-refractivity contribution in [1.82, 2.24) is 10.6 Å². The molecule has 5 fully saturated rings. The van der Waals surface area contributed by atoms with E-state index in [4.69, 9.17) is 0 Å². The van der Waals surface area contributed by atoms with Gasteiger partial charge in [-0.15, -0.1) is 0 Å². The molecule has 0 spiro atoms. The van der Waals surface area contributed by atoms with Crippen LogP contribution in [-0.4, -0.2) is 23.4 Å². The van der Waals surface area contributed by atoms with Crippen LogP contribution in [0.15, 0.2) is 0 Å². The second-order valence-electron chi connectivity index (χ2n) is 11.2. The van der Waals surface area contributed by atoms with E-state index < -0.39 is 0 Å². The summed E-state index contributed by atoms with van der Waals surface area (Å²) in [5.41, 5.74) is 0.868. The predicted molar refractivity (Wildman–Crippen MR) is 107 cm³/mol.